The molecule has 1 aliphatic rings. The first-order valence-corrected chi connectivity index (χ1v) is 8.64. The summed E-state index contributed by atoms with van der Waals surface area (Å²) in [5.74, 6) is 0.533. The standard InChI is InChI=1S/C19H21N5O/c1-12(25)15-10-22-19(23-13-5-4-8-20-9-13)24-18(15)16-11-21-17-7-3-2-6-14(16)17/h2-3,6-7,10-11,13,20-21H,4-5,8-9H2,1H3,(H,22,23,24)/t13-/m0/s1. The molecule has 1 aromatic carbocycles. The van der Waals surface area contributed by atoms with Crippen molar-refractivity contribution in [1.29, 1.82) is 0 Å². The number of fused-ring (bicyclic) bond motifs is 1. The predicted molar refractivity (Wildman–Crippen MR) is 98.8 cm³/mol. The Hall–Kier alpha value is -2.73. The smallest absolute Gasteiger partial charge is 0.223 e. The number of ketones is 1. The summed E-state index contributed by atoms with van der Waals surface area (Å²) in [6.07, 6.45) is 5.77. The molecule has 0 saturated carbocycles. The summed E-state index contributed by atoms with van der Waals surface area (Å²) in [6.45, 7) is 3.51. The predicted octanol–water partition coefficient (Wildman–Crippen LogP) is 2.99. The van der Waals surface area contributed by atoms with Crippen LogP contribution in [0.5, 0.6) is 0 Å². The van der Waals surface area contributed by atoms with Gasteiger partial charge >= 0.3 is 0 Å². The number of hydrogen-bond acceptors (Lipinski definition) is 5. The third-order valence-corrected chi connectivity index (χ3v) is 4.64. The highest BCUT2D eigenvalue weighted by atomic mass is 16.1. The summed E-state index contributed by atoms with van der Waals surface area (Å²) in [5, 5.41) is 7.82. The van der Waals surface area contributed by atoms with Crippen LogP contribution < -0.4 is 10.6 Å². The molecule has 3 heterocycles. The van der Waals surface area contributed by atoms with Crippen LogP contribution in [0.25, 0.3) is 22.2 Å². The third kappa shape index (κ3) is 3.13. The normalized spacial score (nSPS) is 17.6. The van der Waals surface area contributed by atoms with Crippen molar-refractivity contribution in [3.63, 3.8) is 0 Å². The lowest BCUT2D eigenvalue weighted by Crippen LogP contribution is -2.38. The van der Waals surface area contributed by atoms with Crippen LogP contribution in [-0.2, 0) is 0 Å². The van der Waals surface area contributed by atoms with Crippen molar-refractivity contribution in [2.24, 2.45) is 0 Å². The summed E-state index contributed by atoms with van der Waals surface area (Å²) in [4.78, 5) is 24.4. The van der Waals surface area contributed by atoms with Crippen LogP contribution in [0.4, 0.5) is 5.95 Å². The molecular weight excluding hydrogens is 314 g/mol. The van der Waals surface area contributed by atoms with Gasteiger partial charge < -0.3 is 15.6 Å². The van der Waals surface area contributed by atoms with Crippen molar-refractivity contribution in [2.45, 2.75) is 25.8 Å². The fourth-order valence-electron chi connectivity index (χ4n) is 3.34. The molecule has 0 amide bonds. The number of H-pyrrole nitrogens is 1. The summed E-state index contributed by atoms with van der Waals surface area (Å²) >= 11 is 0. The van der Waals surface area contributed by atoms with Gasteiger partial charge in [-0.1, -0.05) is 18.2 Å². The SMILES string of the molecule is CC(=O)c1cnc(N[C@H]2CCCNC2)nc1-c1c[nH]c2ccccc12. The molecular formula is C19H21N5O. The second-order valence-corrected chi connectivity index (χ2v) is 6.45. The molecule has 6 nitrogen and oxygen atoms in total. The van der Waals surface area contributed by atoms with Gasteiger partial charge in [0, 0.05) is 41.4 Å². The minimum atomic E-state index is -0.0360. The maximum absolute atomic E-state index is 12.1. The fraction of sp³-hybridized carbons (Fsp3) is 0.316. The highest BCUT2D eigenvalue weighted by Gasteiger charge is 2.18. The molecule has 3 aromatic rings. The Morgan fingerprint density at radius 3 is 3.00 bits per heavy atom. The molecule has 0 spiro atoms. The molecule has 0 bridgehead atoms. The van der Waals surface area contributed by atoms with Gasteiger partial charge in [-0.3, -0.25) is 4.79 Å². The second-order valence-electron chi connectivity index (χ2n) is 6.45. The maximum Gasteiger partial charge on any atom is 0.223 e. The lowest BCUT2D eigenvalue weighted by molar-refractivity contribution is 0.101. The number of aromatic nitrogens is 3. The van der Waals surface area contributed by atoms with E-state index < -0.39 is 0 Å². The van der Waals surface area contributed by atoms with Crippen LogP contribution in [0.2, 0.25) is 0 Å². The number of benzene rings is 1. The number of piperidine rings is 1. The van der Waals surface area contributed by atoms with Crippen molar-refractivity contribution in [2.75, 3.05) is 18.4 Å². The van der Waals surface area contributed by atoms with Crippen LogP contribution in [0.15, 0.2) is 36.7 Å². The fourth-order valence-corrected chi connectivity index (χ4v) is 3.34. The summed E-state index contributed by atoms with van der Waals surface area (Å²) in [5.41, 5.74) is 3.16. The Balaban J connectivity index is 1.76. The average Bonchev–Trinajstić information content (AvgIpc) is 3.06. The Bertz CT molecular complexity index is 911. The molecule has 25 heavy (non-hydrogen) atoms. The number of Topliss-reactive ketones (excluding diaryl/α,β-unsaturated/α-hetero) is 1. The number of nitrogens with zero attached hydrogens (tertiary/aromatic N) is 2. The number of hydrogen-bond donors (Lipinski definition) is 3. The van der Waals surface area contributed by atoms with Crippen LogP contribution >= 0.6 is 0 Å². The largest absolute Gasteiger partial charge is 0.360 e. The quantitative estimate of drug-likeness (QED) is 0.639. The van der Waals surface area contributed by atoms with Crippen molar-refractivity contribution in [3.8, 4) is 11.3 Å². The van der Waals surface area contributed by atoms with E-state index in [1.54, 1.807) is 13.1 Å². The Labute approximate surface area is 146 Å². The third-order valence-electron chi connectivity index (χ3n) is 4.64. The zero-order chi connectivity index (χ0) is 17.2. The Morgan fingerprint density at radius 1 is 1.32 bits per heavy atom. The number of anilines is 1. The van der Waals surface area contributed by atoms with E-state index in [-0.39, 0.29) is 5.78 Å². The van der Waals surface area contributed by atoms with E-state index in [1.807, 2.05) is 30.5 Å². The summed E-state index contributed by atoms with van der Waals surface area (Å²) in [6, 6.07) is 8.33. The minimum absolute atomic E-state index is 0.0360. The van der Waals surface area contributed by atoms with Crippen molar-refractivity contribution in [3.05, 3.63) is 42.2 Å². The van der Waals surface area contributed by atoms with Crippen molar-refractivity contribution < 1.29 is 4.79 Å². The molecule has 4 rings (SSSR count). The Morgan fingerprint density at radius 2 is 2.20 bits per heavy atom. The van der Waals surface area contributed by atoms with Crippen molar-refractivity contribution in [1.82, 2.24) is 20.3 Å². The molecule has 3 N–H and O–H groups in total. The van der Waals surface area contributed by atoms with E-state index in [1.165, 1.54) is 0 Å². The Kier molecular flexibility index (Phi) is 4.19. The van der Waals surface area contributed by atoms with E-state index in [0.717, 1.165) is 42.4 Å². The molecule has 1 atom stereocenters. The van der Waals surface area contributed by atoms with Gasteiger partial charge in [0.2, 0.25) is 5.95 Å². The van der Waals surface area contributed by atoms with Gasteiger partial charge in [-0.15, -0.1) is 0 Å². The lowest BCUT2D eigenvalue weighted by Gasteiger charge is -2.24. The first-order chi connectivity index (χ1) is 12.2. The topological polar surface area (TPSA) is 82.7 Å². The van der Waals surface area contributed by atoms with Gasteiger partial charge in [0.05, 0.1) is 11.3 Å². The zero-order valence-corrected chi connectivity index (χ0v) is 14.2. The first-order valence-electron chi connectivity index (χ1n) is 8.64. The summed E-state index contributed by atoms with van der Waals surface area (Å²) < 4.78 is 0. The van der Waals surface area contributed by atoms with Crippen LogP contribution in [-0.4, -0.2) is 39.9 Å². The van der Waals surface area contributed by atoms with Gasteiger partial charge in [-0.05, 0) is 32.4 Å². The van der Waals surface area contributed by atoms with E-state index in [2.05, 4.69) is 25.6 Å². The number of aromatic amines is 1. The van der Waals surface area contributed by atoms with Gasteiger partial charge in [-0.2, -0.15) is 0 Å². The second kappa shape index (κ2) is 6.64. The van der Waals surface area contributed by atoms with E-state index in [0.29, 0.717) is 23.2 Å². The number of carbonyl (C=O) groups is 1. The first kappa shape index (κ1) is 15.8. The zero-order valence-electron chi connectivity index (χ0n) is 14.2. The van der Waals surface area contributed by atoms with Gasteiger partial charge in [0.15, 0.2) is 5.78 Å². The van der Waals surface area contributed by atoms with Crippen LogP contribution in [0, 0.1) is 0 Å². The molecule has 1 saturated heterocycles. The van der Waals surface area contributed by atoms with E-state index in [9.17, 15) is 4.79 Å². The summed E-state index contributed by atoms with van der Waals surface area (Å²) in [7, 11) is 0. The molecule has 1 aliphatic heterocycles. The molecule has 6 heteroatoms. The van der Waals surface area contributed by atoms with Crippen LogP contribution in [0.3, 0.4) is 0 Å². The number of rotatable bonds is 4. The van der Waals surface area contributed by atoms with Gasteiger partial charge in [0.1, 0.15) is 0 Å². The highest BCUT2D eigenvalue weighted by molar-refractivity contribution is 6.04. The van der Waals surface area contributed by atoms with Crippen molar-refractivity contribution >= 4 is 22.6 Å². The van der Waals surface area contributed by atoms with Gasteiger partial charge in [0.25, 0.3) is 0 Å². The van der Waals surface area contributed by atoms with Crippen LogP contribution in [0.1, 0.15) is 30.1 Å². The van der Waals surface area contributed by atoms with E-state index in [4.69, 9.17) is 0 Å². The van der Waals surface area contributed by atoms with E-state index >= 15 is 0 Å². The van der Waals surface area contributed by atoms with Gasteiger partial charge in [-0.25, -0.2) is 9.97 Å². The molecule has 128 valence electrons. The minimum Gasteiger partial charge on any atom is -0.360 e. The number of para-hydroxylation sites is 1. The monoisotopic (exact) mass is 335 g/mol. The lowest BCUT2D eigenvalue weighted by atomic mass is 10.0. The molecule has 0 radical (unpaired) electrons. The molecule has 1 fully saturated rings. The highest BCUT2D eigenvalue weighted by Crippen LogP contribution is 2.30. The molecule has 2 aromatic heterocycles. The molecule has 0 aliphatic carbocycles. The molecule has 0 unspecified atom stereocenters. The average molecular weight is 335 g/mol. The maximum atomic E-state index is 12.1. The number of carbonyl (C=O) groups excluding carboxylic acids is 1. The number of nitrogens with one attached hydrogen (secondary N) is 3.